The SMILES string of the molecule is CN1CCc2[nH]c3nnc(-c4ccccc4O)cc3c2C1C(F)(F)F. The molecule has 3 aromatic rings. The van der Waals surface area contributed by atoms with Crippen LogP contribution in [-0.2, 0) is 6.42 Å². The Morgan fingerprint density at radius 1 is 1.24 bits per heavy atom. The van der Waals surface area contributed by atoms with Gasteiger partial charge >= 0.3 is 6.18 Å². The van der Waals surface area contributed by atoms with Crippen LogP contribution in [0.15, 0.2) is 30.3 Å². The lowest BCUT2D eigenvalue weighted by Crippen LogP contribution is -2.40. The molecule has 0 amide bonds. The smallest absolute Gasteiger partial charge is 0.408 e. The molecule has 8 heteroatoms. The van der Waals surface area contributed by atoms with Crippen LogP contribution in [0.4, 0.5) is 13.2 Å². The molecule has 1 aromatic carbocycles. The highest BCUT2D eigenvalue weighted by Gasteiger charge is 2.47. The second kappa shape index (κ2) is 5.45. The number of nitrogens with zero attached hydrogens (tertiary/aromatic N) is 3. The molecule has 0 spiro atoms. The first kappa shape index (κ1) is 15.9. The van der Waals surface area contributed by atoms with Crippen molar-refractivity contribution >= 4 is 11.0 Å². The summed E-state index contributed by atoms with van der Waals surface area (Å²) in [5, 5.41) is 18.5. The average molecular weight is 348 g/mol. The minimum absolute atomic E-state index is 0.00467. The summed E-state index contributed by atoms with van der Waals surface area (Å²) < 4.78 is 40.9. The number of aromatic nitrogens is 3. The molecule has 3 heterocycles. The molecule has 0 fully saturated rings. The monoisotopic (exact) mass is 348 g/mol. The highest BCUT2D eigenvalue weighted by atomic mass is 19.4. The van der Waals surface area contributed by atoms with E-state index in [4.69, 9.17) is 0 Å². The summed E-state index contributed by atoms with van der Waals surface area (Å²) in [5.41, 5.74) is 1.83. The highest BCUT2D eigenvalue weighted by Crippen LogP contribution is 2.44. The van der Waals surface area contributed by atoms with Gasteiger partial charge in [-0.15, -0.1) is 10.2 Å². The van der Waals surface area contributed by atoms with E-state index in [1.807, 2.05) is 0 Å². The van der Waals surface area contributed by atoms with Gasteiger partial charge in [-0.3, -0.25) is 4.90 Å². The fraction of sp³-hybridized carbons (Fsp3) is 0.294. The number of hydrogen-bond acceptors (Lipinski definition) is 4. The lowest BCUT2D eigenvalue weighted by molar-refractivity contribution is -0.184. The molecule has 0 aliphatic carbocycles. The molecule has 0 radical (unpaired) electrons. The van der Waals surface area contributed by atoms with Gasteiger partial charge in [0.15, 0.2) is 5.65 Å². The Balaban J connectivity index is 1.95. The van der Waals surface area contributed by atoms with Gasteiger partial charge in [-0.25, -0.2) is 0 Å². The molecule has 130 valence electrons. The van der Waals surface area contributed by atoms with Gasteiger partial charge < -0.3 is 10.1 Å². The van der Waals surface area contributed by atoms with Gasteiger partial charge in [-0.1, -0.05) is 12.1 Å². The largest absolute Gasteiger partial charge is 0.507 e. The lowest BCUT2D eigenvalue weighted by atomic mass is 9.96. The molecule has 4 rings (SSSR count). The maximum absolute atomic E-state index is 13.6. The number of nitrogens with one attached hydrogen (secondary N) is 1. The third-order valence-electron chi connectivity index (χ3n) is 4.60. The highest BCUT2D eigenvalue weighted by molar-refractivity contribution is 5.86. The Hall–Kier alpha value is -2.61. The Labute approximate surface area is 141 Å². The first-order valence-electron chi connectivity index (χ1n) is 7.80. The lowest BCUT2D eigenvalue weighted by Gasteiger charge is -2.34. The van der Waals surface area contributed by atoms with Crippen molar-refractivity contribution in [1.29, 1.82) is 0 Å². The van der Waals surface area contributed by atoms with Gasteiger partial charge in [0.05, 0.1) is 5.69 Å². The van der Waals surface area contributed by atoms with Crippen LogP contribution < -0.4 is 0 Å². The van der Waals surface area contributed by atoms with E-state index in [1.54, 1.807) is 24.3 Å². The van der Waals surface area contributed by atoms with Crippen LogP contribution in [0.1, 0.15) is 17.3 Å². The predicted molar refractivity (Wildman–Crippen MR) is 86.1 cm³/mol. The van der Waals surface area contributed by atoms with E-state index in [0.29, 0.717) is 41.0 Å². The number of likely N-dealkylation sites (N-methyl/N-ethyl adjacent to an activating group) is 1. The van der Waals surface area contributed by atoms with Crippen molar-refractivity contribution < 1.29 is 18.3 Å². The van der Waals surface area contributed by atoms with Gasteiger partial charge in [-0.2, -0.15) is 13.2 Å². The summed E-state index contributed by atoms with van der Waals surface area (Å²) in [6.07, 6.45) is -3.90. The minimum atomic E-state index is -4.39. The van der Waals surface area contributed by atoms with Crippen LogP contribution in [0.25, 0.3) is 22.3 Å². The van der Waals surface area contributed by atoms with Crippen molar-refractivity contribution in [2.45, 2.75) is 18.6 Å². The topological polar surface area (TPSA) is 65.0 Å². The second-order valence-electron chi connectivity index (χ2n) is 6.20. The third-order valence-corrected chi connectivity index (χ3v) is 4.60. The molecule has 1 aliphatic heterocycles. The summed E-state index contributed by atoms with van der Waals surface area (Å²) in [7, 11) is 1.47. The zero-order chi connectivity index (χ0) is 17.8. The van der Waals surface area contributed by atoms with Crippen LogP contribution in [0.3, 0.4) is 0 Å². The van der Waals surface area contributed by atoms with Crippen molar-refractivity contribution in [1.82, 2.24) is 20.1 Å². The number of phenols is 1. The van der Waals surface area contributed by atoms with Gasteiger partial charge in [-0.05, 0) is 25.2 Å². The number of aromatic amines is 1. The number of fused-ring (bicyclic) bond motifs is 3. The van der Waals surface area contributed by atoms with E-state index in [-0.39, 0.29) is 11.3 Å². The van der Waals surface area contributed by atoms with Gasteiger partial charge in [0.1, 0.15) is 11.8 Å². The van der Waals surface area contributed by atoms with Gasteiger partial charge in [0.2, 0.25) is 0 Å². The van der Waals surface area contributed by atoms with E-state index in [1.165, 1.54) is 18.0 Å². The molecule has 1 atom stereocenters. The number of hydrogen-bond donors (Lipinski definition) is 2. The molecule has 0 saturated heterocycles. The number of aromatic hydroxyl groups is 1. The fourth-order valence-corrected chi connectivity index (χ4v) is 3.44. The number of phenolic OH excluding ortho intramolecular Hbond substituents is 1. The predicted octanol–water partition coefficient (Wildman–Crippen LogP) is 3.42. The third kappa shape index (κ3) is 2.53. The van der Waals surface area contributed by atoms with Crippen molar-refractivity contribution in [2.24, 2.45) is 0 Å². The summed E-state index contributed by atoms with van der Waals surface area (Å²) in [5.74, 6) is 0.00467. The maximum atomic E-state index is 13.6. The Bertz CT molecular complexity index is 951. The molecule has 0 saturated carbocycles. The number of H-pyrrole nitrogens is 1. The molecular weight excluding hydrogens is 333 g/mol. The van der Waals surface area contributed by atoms with E-state index in [9.17, 15) is 18.3 Å². The molecule has 1 unspecified atom stereocenters. The maximum Gasteiger partial charge on any atom is 0.408 e. The van der Waals surface area contributed by atoms with Crippen LogP contribution in [0.2, 0.25) is 0 Å². The number of benzene rings is 1. The Morgan fingerprint density at radius 2 is 2.00 bits per heavy atom. The van der Waals surface area contributed by atoms with E-state index >= 15 is 0 Å². The van der Waals surface area contributed by atoms with Gasteiger partial charge in [0.25, 0.3) is 0 Å². The number of alkyl halides is 3. The molecule has 2 aromatic heterocycles. The number of halogens is 3. The van der Waals surface area contributed by atoms with E-state index in [2.05, 4.69) is 15.2 Å². The quantitative estimate of drug-likeness (QED) is 0.707. The average Bonchev–Trinajstić information content (AvgIpc) is 2.91. The normalized spacial score (nSPS) is 18.5. The van der Waals surface area contributed by atoms with Crippen LogP contribution in [0, 0.1) is 0 Å². The van der Waals surface area contributed by atoms with Crippen molar-refractivity contribution in [3.63, 3.8) is 0 Å². The molecule has 5 nitrogen and oxygen atoms in total. The molecule has 0 bridgehead atoms. The van der Waals surface area contributed by atoms with Crippen LogP contribution in [-0.4, -0.2) is 45.0 Å². The van der Waals surface area contributed by atoms with Gasteiger partial charge in [0, 0.05) is 35.2 Å². The zero-order valence-electron chi connectivity index (χ0n) is 13.3. The summed E-state index contributed by atoms with van der Waals surface area (Å²) in [6.45, 7) is 0.309. The van der Waals surface area contributed by atoms with Crippen molar-refractivity contribution in [2.75, 3.05) is 13.6 Å². The number of rotatable bonds is 1. The van der Waals surface area contributed by atoms with E-state index < -0.39 is 12.2 Å². The molecule has 25 heavy (non-hydrogen) atoms. The van der Waals surface area contributed by atoms with E-state index in [0.717, 1.165) is 0 Å². The second-order valence-corrected chi connectivity index (χ2v) is 6.20. The number of para-hydroxylation sites is 1. The van der Waals surface area contributed by atoms with Crippen LogP contribution >= 0.6 is 0 Å². The first-order chi connectivity index (χ1) is 11.9. The summed E-state index contributed by atoms with van der Waals surface area (Å²) >= 11 is 0. The summed E-state index contributed by atoms with van der Waals surface area (Å²) in [6, 6.07) is 6.41. The van der Waals surface area contributed by atoms with Crippen molar-refractivity contribution in [3.05, 3.63) is 41.6 Å². The Morgan fingerprint density at radius 3 is 2.72 bits per heavy atom. The Kier molecular flexibility index (Phi) is 3.47. The van der Waals surface area contributed by atoms with Crippen LogP contribution in [0.5, 0.6) is 5.75 Å². The summed E-state index contributed by atoms with van der Waals surface area (Å²) in [4.78, 5) is 4.27. The minimum Gasteiger partial charge on any atom is -0.507 e. The zero-order valence-corrected chi connectivity index (χ0v) is 13.3. The van der Waals surface area contributed by atoms with Crippen molar-refractivity contribution in [3.8, 4) is 17.0 Å². The first-order valence-corrected chi connectivity index (χ1v) is 7.80. The molecule has 2 N–H and O–H groups in total. The standard InChI is InChI=1S/C17H15F3N4O/c1-24-7-6-11-14(15(24)17(18,19)20)10-8-12(22-23-16(10)21-11)9-4-2-3-5-13(9)25/h2-5,8,15,25H,6-7H2,1H3,(H,21,23). The molecular formula is C17H15F3N4O. The fourth-order valence-electron chi connectivity index (χ4n) is 3.44. The molecule has 1 aliphatic rings.